The number of amides is 1. The van der Waals surface area contributed by atoms with E-state index < -0.39 is 0 Å². The highest BCUT2D eigenvalue weighted by Crippen LogP contribution is 2.32. The molecule has 0 radical (unpaired) electrons. The van der Waals surface area contributed by atoms with E-state index in [4.69, 9.17) is 33.3 Å². The van der Waals surface area contributed by atoms with Crippen LogP contribution in [0.25, 0.3) is 6.08 Å². The standard InChI is InChI=1S/C24H23ClN4O3S/c1-14-22(25)15(2)28(27-14)13-17-11-16(9-10-20(17)31-3)12-18-23(30)29(24(33)26-18)19-7-5-6-8-21(19)32-4/h5-12H,13H2,1-4H3,(H,26,33)/b18-12+. The summed E-state index contributed by atoms with van der Waals surface area (Å²) in [7, 11) is 3.18. The Morgan fingerprint density at radius 2 is 1.85 bits per heavy atom. The Morgan fingerprint density at radius 3 is 2.52 bits per heavy atom. The number of nitrogens with zero attached hydrogens (tertiary/aromatic N) is 3. The van der Waals surface area contributed by atoms with Gasteiger partial charge in [0.25, 0.3) is 5.91 Å². The van der Waals surface area contributed by atoms with Gasteiger partial charge in [-0.05, 0) is 62.0 Å². The Morgan fingerprint density at radius 1 is 1.12 bits per heavy atom. The Labute approximate surface area is 202 Å². The summed E-state index contributed by atoms with van der Waals surface area (Å²) in [5.41, 5.74) is 4.34. The fraction of sp³-hybridized carbons (Fsp3) is 0.208. The maximum absolute atomic E-state index is 13.2. The second kappa shape index (κ2) is 9.25. The van der Waals surface area contributed by atoms with E-state index in [2.05, 4.69) is 10.4 Å². The number of halogens is 1. The first kappa shape index (κ1) is 22.8. The van der Waals surface area contributed by atoms with Crippen LogP contribution in [-0.4, -0.2) is 35.0 Å². The first-order chi connectivity index (χ1) is 15.8. The lowest BCUT2D eigenvalue weighted by atomic mass is 10.1. The summed E-state index contributed by atoms with van der Waals surface area (Å²) in [6, 6.07) is 13.0. The Bertz CT molecular complexity index is 1280. The number of hydrogen-bond acceptors (Lipinski definition) is 5. The third kappa shape index (κ3) is 4.31. The molecule has 1 aliphatic heterocycles. The number of carbonyl (C=O) groups excluding carboxylic acids is 1. The lowest BCUT2D eigenvalue weighted by molar-refractivity contribution is -0.113. The molecule has 0 spiro atoms. The number of rotatable bonds is 6. The molecule has 7 nitrogen and oxygen atoms in total. The number of hydrogen-bond donors (Lipinski definition) is 1. The van der Waals surface area contributed by atoms with Gasteiger partial charge in [0.1, 0.15) is 17.2 Å². The highest BCUT2D eigenvalue weighted by Gasteiger charge is 2.33. The Hall–Kier alpha value is -3.36. The van der Waals surface area contributed by atoms with E-state index in [1.165, 1.54) is 4.90 Å². The van der Waals surface area contributed by atoms with Crippen LogP contribution in [0.4, 0.5) is 5.69 Å². The second-order valence-corrected chi connectivity index (χ2v) is 8.28. The smallest absolute Gasteiger partial charge is 0.281 e. The average Bonchev–Trinajstić information content (AvgIpc) is 3.22. The van der Waals surface area contributed by atoms with Crippen LogP contribution in [0.3, 0.4) is 0 Å². The third-order valence-corrected chi connectivity index (χ3v) is 6.26. The number of anilines is 1. The number of para-hydroxylation sites is 2. The summed E-state index contributed by atoms with van der Waals surface area (Å²) in [5, 5.41) is 8.47. The quantitative estimate of drug-likeness (QED) is 0.412. The fourth-order valence-corrected chi connectivity index (χ4v) is 4.16. The topological polar surface area (TPSA) is 68.6 Å². The summed E-state index contributed by atoms with van der Waals surface area (Å²) in [6.07, 6.45) is 1.77. The predicted molar refractivity (Wildman–Crippen MR) is 133 cm³/mol. The van der Waals surface area contributed by atoms with Crippen LogP contribution in [0.15, 0.2) is 48.2 Å². The molecule has 3 aromatic rings. The van der Waals surface area contributed by atoms with Crippen molar-refractivity contribution in [2.24, 2.45) is 0 Å². The number of thiocarbonyl (C=S) groups is 1. The number of nitrogens with one attached hydrogen (secondary N) is 1. The number of carbonyl (C=O) groups is 1. The SMILES string of the molecule is COc1ccc(/C=C2/NC(=S)N(c3ccccc3OC)C2=O)cc1Cn1nc(C)c(Cl)c1C. The molecular weight excluding hydrogens is 460 g/mol. The molecule has 2 heterocycles. The van der Waals surface area contributed by atoms with Crippen LogP contribution in [0.2, 0.25) is 5.02 Å². The van der Waals surface area contributed by atoms with Crippen LogP contribution >= 0.6 is 23.8 Å². The first-order valence-electron chi connectivity index (χ1n) is 10.2. The van der Waals surface area contributed by atoms with E-state index >= 15 is 0 Å². The van der Waals surface area contributed by atoms with Gasteiger partial charge in [0, 0.05) is 5.56 Å². The lowest BCUT2D eigenvalue weighted by Gasteiger charge is -2.17. The molecule has 0 atom stereocenters. The van der Waals surface area contributed by atoms with Crippen LogP contribution < -0.4 is 19.7 Å². The summed E-state index contributed by atoms with van der Waals surface area (Å²) in [4.78, 5) is 14.6. The molecule has 1 aliphatic rings. The van der Waals surface area contributed by atoms with Gasteiger partial charge in [-0.2, -0.15) is 5.10 Å². The summed E-state index contributed by atoms with van der Waals surface area (Å²) >= 11 is 11.7. The van der Waals surface area contributed by atoms with Gasteiger partial charge in [0.2, 0.25) is 0 Å². The maximum atomic E-state index is 13.2. The van der Waals surface area contributed by atoms with Crippen molar-refractivity contribution in [3.8, 4) is 11.5 Å². The zero-order valence-corrected chi connectivity index (χ0v) is 20.3. The molecule has 0 saturated carbocycles. The summed E-state index contributed by atoms with van der Waals surface area (Å²) < 4.78 is 12.8. The minimum atomic E-state index is -0.257. The van der Waals surface area contributed by atoms with E-state index in [0.717, 1.165) is 28.3 Å². The van der Waals surface area contributed by atoms with Gasteiger partial charge < -0.3 is 14.8 Å². The van der Waals surface area contributed by atoms with Gasteiger partial charge in [0.15, 0.2) is 5.11 Å². The minimum absolute atomic E-state index is 0.257. The minimum Gasteiger partial charge on any atom is -0.496 e. The largest absolute Gasteiger partial charge is 0.496 e. The van der Waals surface area contributed by atoms with Gasteiger partial charge in [-0.1, -0.05) is 29.8 Å². The summed E-state index contributed by atoms with van der Waals surface area (Å²) in [6.45, 7) is 4.28. The van der Waals surface area contributed by atoms with Crippen molar-refractivity contribution in [1.29, 1.82) is 0 Å². The van der Waals surface area contributed by atoms with Gasteiger partial charge in [-0.25, -0.2) is 4.90 Å². The molecule has 9 heteroatoms. The molecule has 1 aromatic heterocycles. The molecular formula is C24H23ClN4O3S. The number of aryl methyl sites for hydroxylation is 1. The molecule has 1 amide bonds. The molecule has 0 bridgehead atoms. The van der Waals surface area contributed by atoms with E-state index in [1.807, 2.05) is 48.9 Å². The van der Waals surface area contributed by atoms with Crippen LogP contribution in [-0.2, 0) is 11.3 Å². The molecule has 4 rings (SSSR count). The highest BCUT2D eigenvalue weighted by molar-refractivity contribution is 7.80. The van der Waals surface area contributed by atoms with E-state index in [0.29, 0.717) is 33.8 Å². The highest BCUT2D eigenvalue weighted by atomic mass is 35.5. The van der Waals surface area contributed by atoms with E-state index in [1.54, 1.807) is 32.4 Å². The molecule has 0 aliphatic carbocycles. The molecule has 1 saturated heterocycles. The van der Waals surface area contributed by atoms with Crippen LogP contribution in [0.5, 0.6) is 11.5 Å². The summed E-state index contributed by atoms with van der Waals surface area (Å²) in [5.74, 6) is 1.02. The van der Waals surface area contributed by atoms with Gasteiger partial charge in [0.05, 0.1) is 42.9 Å². The average molecular weight is 483 g/mol. The van der Waals surface area contributed by atoms with Crippen molar-refractivity contribution in [3.05, 3.63) is 75.7 Å². The normalized spacial score (nSPS) is 14.7. The van der Waals surface area contributed by atoms with Crippen molar-refractivity contribution in [2.45, 2.75) is 20.4 Å². The van der Waals surface area contributed by atoms with Gasteiger partial charge >= 0.3 is 0 Å². The molecule has 2 aromatic carbocycles. The molecule has 170 valence electrons. The second-order valence-electron chi connectivity index (χ2n) is 7.51. The van der Waals surface area contributed by atoms with Crippen molar-refractivity contribution < 1.29 is 14.3 Å². The third-order valence-electron chi connectivity index (χ3n) is 5.43. The predicted octanol–water partition coefficient (Wildman–Crippen LogP) is 4.48. The molecule has 0 unspecified atom stereocenters. The number of aromatic nitrogens is 2. The monoisotopic (exact) mass is 482 g/mol. The van der Waals surface area contributed by atoms with Gasteiger partial charge in [-0.3, -0.25) is 9.48 Å². The number of benzene rings is 2. The Balaban J connectivity index is 1.66. The van der Waals surface area contributed by atoms with Crippen molar-refractivity contribution in [2.75, 3.05) is 19.1 Å². The van der Waals surface area contributed by atoms with Crippen molar-refractivity contribution >= 4 is 46.6 Å². The fourth-order valence-electron chi connectivity index (χ4n) is 3.74. The van der Waals surface area contributed by atoms with Crippen LogP contribution in [0, 0.1) is 13.8 Å². The zero-order chi connectivity index (χ0) is 23.7. The van der Waals surface area contributed by atoms with E-state index in [9.17, 15) is 4.79 Å². The number of methoxy groups -OCH3 is 2. The first-order valence-corrected chi connectivity index (χ1v) is 11.0. The molecule has 33 heavy (non-hydrogen) atoms. The molecule has 1 fully saturated rings. The Kier molecular flexibility index (Phi) is 6.40. The van der Waals surface area contributed by atoms with Crippen LogP contribution in [0.1, 0.15) is 22.5 Å². The zero-order valence-electron chi connectivity index (χ0n) is 18.7. The maximum Gasteiger partial charge on any atom is 0.281 e. The van der Waals surface area contributed by atoms with Crippen molar-refractivity contribution in [3.63, 3.8) is 0 Å². The van der Waals surface area contributed by atoms with E-state index in [-0.39, 0.29) is 5.91 Å². The number of ether oxygens (including phenoxy) is 2. The molecule has 1 N–H and O–H groups in total. The van der Waals surface area contributed by atoms with Gasteiger partial charge in [-0.15, -0.1) is 0 Å². The lowest BCUT2D eigenvalue weighted by Crippen LogP contribution is -2.30. The van der Waals surface area contributed by atoms with Crippen molar-refractivity contribution in [1.82, 2.24) is 15.1 Å².